The third-order valence-corrected chi connectivity index (χ3v) is 6.89. The van der Waals surface area contributed by atoms with E-state index in [1.165, 1.54) is 109 Å². The Bertz CT molecular complexity index is 642. The second-order valence-electron chi connectivity index (χ2n) is 10.2. The van der Waals surface area contributed by atoms with E-state index in [2.05, 4.69) is 17.6 Å². The van der Waals surface area contributed by atoms with Crippen molar-refractivity contribution in [2.75, 3.05) is 12.4 Å². The van der Waals surface area contributed by atoms with Gasteiger partial charge in [0.05, 0.1) is 6.42 Å². The lowest BCUT2D eigenvalue weighted by Gasteiger charge is -2.07. The molecule has 0 radical (unpaired) electrons. The Morgan fingerprint density at radius 3 is 1.37 bits per heavy atom. The molecule has 200 valence electrons. The van der Waals surface area contributed by atoms with Gasteiger partial charge in [0.25, 0.3) is 0 Å². The first-order chi connectivity index (χ1) is 17.2. The van der Waals surface area contributed by atoms with Crippen LogP contribution in [0.25, 0.3) is 0 Å². The molecule has 1 aromatic rings. The first-order valence-corrected chi connectivity index (χ1v) is 14.7. The third kappa shape index (κ3) is 19.1. The fourth-order valence-electron chi connectivity index (χ4n) is 4.57. The predicted octanol–water partition coefficient (Wildman–Crippen LogP) is 8.74. The molecule has 0 spiro atoms. The number of hydrogen-bond acceptors (Lipinski definition) is 2. The normalized spacial score (nSPS) is 10.9. The highest BCUT2D eigenvalue weighted by atomic mass is 16.2. The summed E-state index contributed by atoms with van der Waals surface area (Å²) in [6.45, 7) is 2.29. The van der Waals surface area contributed by atoms with Gasteiger partial charge in [-0.05, 0) is 24.1 Å². The highest BCUT2D eigenvalue weighted by molar-refractivity contribution is 5.90. The zero-order valence-electron chi connectivity index (χ0n) is 23.0. The summed E-state index contributed by atoms with van der Waals surface area (Å²) in [5.74, 6) is 0.0714. The molecule has 2 amide bonds. The van der Waals surface area contributed by atoms with Gasteiger partial charge in [-0.25, -0.2) is 0 Å². The average Bonchev–Trinajstić information content (AvgIpc) is 2.86. The molecule has 0 saturated heterocycles. The van der Waals surface area contributed by atoms with Crippen LogP contribution in [0.3, 0.4) is 0 Å². The molecule has 4 heteroatoms. The molecule has 35 heavy (non-hydrogen) atoms. The second-order valence-corrected chi connectivity index (χ2v) is 10.2. The van der Waals surface area contributed by atoms with Gasteiger partial charge >= 0.3 is 0 Å². The van der Waals surface area contributed by atoms with E-state index in [4.69, 9.17) is 0 Å². The standard InChI is InChI=1S/C31H54N2O2/c1-3-4-5-6-7-8-9-10-11-12-13-14-15-16-17-18-19-20-21-22-30(34)33-29-25-23-28(24-26-29)27-31(35)32-2/h23-26H,3-22,27H2,1-2H3,(H,32,35)(H,33,34). The molecule has 0 fully saturated rings. The lowest BCUT2D eigenvalue weighted by atomic mass is 10.0. The molecule has 0 unspecified atom stereocenters. The Kier molecular flexibility index (Phi) is 20.2. The van der Waals surface area contributed by atoms with Crippen molar-refractivity contribution in [3.05, 3.63) is 29.8 Å². The van der Waals surface area contributed by atoms with Gasteiger partial charge in [-0.2, -0.15) is 0 Å². The van der Waals surface area contributed by atoms with Crippen LogP contribution in [-0.2, 0) is 16.0 Å². The number of rotatable bonds is 23. The van der Waals surface area contributed by atoms with E-state index in [-0.39, 0.29) is 11.8 Å². The minimum Gasteiger partial charge on any atom is -0.359 e. The number of hydrogen-bond donors (Lipinski definition) is 2. The molecule has 0 aromatic heterocycles. The highest BCUT2D eigenvalue weighted by Crippen LogP contribution is 2.15. The maximum Gasteiger partial charge on any atom is 0.224 e. The van der Waals surface area contributed by atoms with E-state index in [0.29, 0.717) is 12.8 Å². The monoisotopic (exact) mass is 486 g/mol. The van der Waals surface area contributed by atoms with Crippen LogP contribution in [0, 0.1) is 0 Å². The Hall–Kier alpha value is -1.84. The SMILES string of the molecule is CCCCCCCCCCCCCCCCCCCCCC(=O)Nc1ccc(CC(=O)NC)cc1. The molecule has 0 saturated carbocycles. The number of unbranched alkanes of at least 4 members (excludes halogenated alkanes) is 18. The van der Waals surface area contributed by atoms with Gasteiger partial charge in [0.15, 0.2) is 0 Å². The van der Waals surface area contributed by atoms with Gasteiger partial charge in [-0.3, -0.25) is 9.59 Å². The number of likely N-dealkylation sites (N-methyl/N-ethyl adjacent to an activating group) is 1. The molecular weight excluding hydrogens is 432 g/mol. The number of carbonyl (C=O) groups excluding carboxylic acids is 2. The maximum absolute atomic E-state index is 12.1. The van der Waals surface area contributed by atoms with Crippen LogP contribution in [0.1, 0.15) is 141 Å². The summed E-state index contributed by atoms with van der Waals surface area (Å²) < 4.78 is 0. The van der Waals surface area contributed by atoms with Crippen molar-refractivity contribution in [2.24, 2.45) is 0 Å². The molecular formula is C31H54N2O2. The molecule has 4 nitrogen and oxygen atoms in total. The van der Waals surface area contributed by atoms with Crippen molar-refractivity contribution in [3.63, 3.8) is 0 Å². The summed E-state index contributed by atoms with van der Waals surface area (Å²) in [6, 6.07) is 7.52. The van der Waals surface area contributed by atoms with Crippen LogP contribution in [0.4, 0.5) is 5.69 Å². The largest absolute Gasteiger partial charge is 0.359 e. The quantitative estimate of drug-likeness (QED) is 0.152. The van der Waals surface area contributed by atoms with Gasteiger partial charge in [-0.15, -0.1) is 0 Å². The number of nitrogens with one attached hydrogen (secondary N) is 2. The molecule has 0 aliphatic heterocycles. The Morgan fingerprint density at radius 1 is 0.571 bits per heavy atom. The van der Waals surface area contributed by atoms with Gasteiger partial charge in [0.2, 0.25) is 11.8 Å². The van der Waals surface area contributed by atoms with E-state index in [1.807, 2.05) is 24.3 Å². The van der Waals surface area contributed by atoms with Crippen molar-refractivity contribution in [1.29, 1.82) is 0 Å². The van der Waals surface area contributed by atoms with Crippen molar-refractivity contribution in [1.82, 2.24) is 5.32 Å². The fraction of sp³-hybridized carbons (Fsp3) is 0.742. The molecule has 2 N–H and O–H groups in total. The van der Waals surface area contributed by atoms with Gasteiger partial charge in [0.1, 0.15) is 0 Å². The molecule has 0 aliphatic rings. The number of benzene rings is 1. The summed E-state index contributed by atoms with van der Waals surface area (Å²) in [5, 5.41) is 5.57. The molecule has 1 rings (SSSR count). The van der Waals surface area contributed by atoms with Crippen LogP contribution in [-0.4, -0.2) is 18.9 Å². The zero-order chi connectivity index (χ0) is 25.4. The first-order valence-electron chi connectivity index (χ1n) is 14.7. The summed E-state index contributed by atoms with van der Waals surface area (Å²) in [6.07, 6.45) is 26.8. The summed E-state index contributed by atoms with van der Waals surface area (Å²) in [5.41, 5.74) is 1.75. The van der Waals surface area contributed by atoms with Crippen molar-refractivity contribution < 1.29 is 9.59 Å². The van der Waals surface area contributed by atoms with Gasteiger partial charge in [0, 0.05) is 19.2 Å². The zero-order valence-corrected chi connectivity index (χ0v) is 23.0. The number of amides is 2. The lowest BCUT2D eigenvalue weighted by molar-refractivity contribution is -0.120. The number of carbonyl (C=O) groups is 2. The summed E-state index contributed by atoms with van der Waals surface area (Å²) in [4.78, 5) is 23.5. The van der Waals surface area contributed by atoms with Crippen LogP contribution in [0.2, 0.25) is 0 Å². The minimum atomic E-state index is -0.00821. The third-order valence-electron chi connectivity index (χ3n) is 6.89. The molecule has 0 atom stereocenters. The first kappa shape index (κ1) is 31.2. The van der Waals surface area contributed by atoms with E-state index in [1.54, 1.807) is 7.05 Å². The van der Waals surface area contributed by atoms with E-state index >= 15 is 0 Å². The molecule has 0 aliphatic carbocycles. The van der Waals surface area contributed by atoms with Crippen LogP contribution in [0.5, 0.6) is 0 Å². The highest BCUT2D eigenvalue weighted by Gasteiger charge is 2.04. The molecule has 0 bridgehead atoms. The van der Waals surface area contributed by atoms with E-state index < -0.39 is 0 Å². The van der Waals surface area contributed by atoms with Crippen LogP contribution >= 0.6 is 0 Å². The predicted molar refractivity (Wildman–Crippen MR) is 151 cm³/mol. The maximum atomic E-state index is 12.1. The van der Waals surface area contributed by atoms with Gasteiger partial charge < -0.3 is 10.6 Å². The van der Waals surface area contributed by atoms with Crippen molar-refractivity contribution in [2.45, 2.75) is 142 Å². The fourth-order valence-corrected chi connectivity index (χ4v) is 4.57. The van der Waals surface area contributed by atoms with Crippen LogP contribution in [0.15, 0.2) is 24.3 Å². The van der Waals surface area contributed by atoms with Crippen molar-refractivity contribution in [3.8, 4) is 0 Å². The second kappa shape index (κ2) is 22.6. The van der Waals surface area contributed by atoms with Gasteiger partial charge in [-0.1, -0.05) is 135 Å². The average molecular weight is 487 g/mol. The molecule has 1 aromatic carbocycles. The van der Waals surface area contributed by atoms with Crippen molar-refractivity contribution >= 4 is 17.5 Å². The Balaban J connectivity index is 1.84. The summed E-state index contributed by atoms with van der Waals surface area (Å²) in [7, 11) is 1.64. The topological polar surface area (TPSA) is 58.2 Å². The van der Waals surface area contributed by atoms with Crippen LogP contribution < -0.4 is 10.6 Å². The lowest BCUT2D eigenvalue weighted by Crippen LogP contribution is -2.19. The summed E-state index contributed by atoms with van der Waals surface area (Å²) >= 11 is 0. The van der Waals surface area contributed by atoms with E-state index in [9.17, 15) is 9.59 Å². The molecule has 0 heterocycles. The number of anilines is 1. The van der Waals surface area contributed by atoms with E-state index in [0.717, 1.165) is 24.1 Å². The minimum absolute atomic E-state index is 0.00821. The Labute approximate surface area is 216 Å². The smallest absolute Gasteiger partial charge is 0.224 e. The Morgan fingerprint density at radius 2 is 0.971 bits per heavy atom.